The Hall–Kier alpha value is -0.390. The molecule has 0 aromatic heterocycles. The number of hydrogen-bond acceptors (Lipinski definition) is 5. The molecule has 0 amide bonds. The molecule has 0 fully saturated rings. The quantitative estimate of drug-likeness (QED) is 0.729. The second-order valence-corrected chi connectivity index (χ2v) is 10.6. The van der Waals surface area contributed by atoms with E-state index in [1.54, 1.807) is 11.8 Å². The van der Waals surface area contributed by atoms with Gasteiger partial charge in [-0.3, -0.25) is 9.98 Å². The molecular formula is C16H20N2S3. The van der Waals surface area contributed by atoms with Crippen molar-refractivity contribution in [2.75, 3.05) is 6.26 Å². The molecule has 21 heavy (non-hydrogen) atoms. The summed E-state index contributed by atoms with van der Waals surface area (Å²) in [5.41, 5.74) is 2.23. The van der Waals surface area contributed by atoms with Gasteiger partial charge in [-0.05, 0) is 39.5 Å². The van der Waals surface area contributed by atoms with Gasteiger partial charge in [0.25, 0.3) is 0 Å². The molecule has 0 N–H and O–H groups in total. The Balaban J connectivity index is 2.13. The van der Waals surface area contributed by atoms with Crippen LogP contribution >= 0.6 is 35.3 Å². The van der Waals surface area contributed by atoms with Gasteiger partial charge in [-0.1, -0.05) is 42.1 Å². The first-order valence-corrected chi connectivity index (χ1v) is 9.84. The second-order valence-electron chi connectivity index (χ2n) is 6.23. The van der Waals surface area contributed by atoms with Gasteiger partial charge < -0.3 is 0 Å². The van der Waals surface area contributed by atoms with Crippen LogP contribution in [0.5, 0.6) is 0 Å². The van der Waals surface area contributed by atoms with Crippen LogP contribution < -0.4 is 0 Å². The van der Waals surface area contributed by atoms with Crippen molar-refractivity contribution in [3.8, 4) is 0 Å². The lowest BCUT2D eigenvalue weighted by Crippen LogP contribution is -2.46. The minimum Gasteiger partial charge on any atom is -0.270 e. The second kappa shape index (κ2) is 5.07. The third-order valence-corrected chi connectivity index (χ3v) is 8.22. The van der Waals surface area contributed by atoms with Crippen molar-refractivity contribution >= 4 is 45.4 Å². The molecule has 0 saturated heterocycles. The van der Waals surface area contributed by atoms with E-state index in [9.17, 15) is 0 Å². The molecule has 0 radical (unpaired) electrons. The lowest BCUT2D eigenvalue weighted by Gasteiger charge is -2.36. The first kappa shape index (κ1) is 15.5. The van der Waals surface area contributed by atoms with Gasteiger partial charge in [0.05, 0.1) is 11.3 Å². The average Bonchev–Trinajstić information content (AvgIpc) is 2.85. The van der Waals surface area contributed by atoms with Gasteiger partial charge >= 0.3 is 0 Å². The largest absolute Gasteiger partial charge is 0.270 e. The number of benzene rings is 1. The van der Waals surface area contributed by atoms with Crippen LogP contribution in [0, 0.1) is 0 Å². The molecule has 2 nitrogen and oxygen atoms in total. The average molecular weight is 337 g/mol. The maximum atomic E-state index is 5.07. The van der Waals surface area contributed by atoms with Crippen LogP contribution in [0.3, 0.4) is 0 Å². The Morgan fingerprint density at radius 3 is 2.24 bits per heavy atom. The van der Waals surface area contributed by atoms with Crippen LogP contribution in [0.15, 0.2) is 40.3 Å². The summed E-state index contributed by atoms with van der Waals surface area (Å²) in [6.45, 7) is 8.86. The van der Waals surface area contributed by atoms with Crippen molar-refractivity contribution < 1.29 is 0 Å². The fraction of sp³-hybridized carbons (Fsp3) is 0.500. The molecule has 1 unspecified atom stereocenters. The van der Waals surface area contributed by atoms with Crippen molar-refractivity contribution in [2.24, 2.45) is 9.98 Å². The molecule has 1 atom stereocenters. The SMILES string of the molecule is CSC1=NC(C)(C)C2(S1)SC(C)(C)N=C2c1ccccc1. The van der Waals surface area contributed by atoms with Crippen molar-refractivity contribution in [1.82, 2.24) is 0 Å². The van der Waals surface area contributed by atoms with Crippen LogP contribution in [0.4, 0.5) is 0 Å². The van der Waals surface area contributed by atoms with E-state index in [1.807, 2.05) is 23.5 Å². The normalized spacial score (nSPS) is 29.6. The van der Waals surface area contributed by atoms with Gasteiger partial charge in [0, 0.05) is 0 Å². The molecule has 2 aliphatic heterocycles. The zero-order valence-corrected chi connectivity index (χ0v) is 15.5. The molecule has 2 aliphatic rings. The summed E-state index contributed by atoms with van der Waals surface area (Å²) >= 11 is 5.55. The summed E-state index contributed by atoms with van der Waals surface area (Å²) < 4.78 is 1.03. The molecule has 1 aromatic carbocycles. The summed E-state index contributed by atoms with van der Waals surface area (Å²) in [6.07, 6.45) is 2.10. The number of rotatable bonds is 1. The summed E-state index contributed by atoms with van der Waals surface area (Å²) in [6, 6.07) is 10.6. The van der Waals surface area contributed by atoms with Crippen molar-refractivity contribution in [3.05, 3.63) is 35.9 Å². The molecule has 112 valence electrons. The highest BCUT2D eigenvalue weighted by Gasteiger charge is 2.61. The molecular weight excluding hydrogens is 316 g/mol. The van der Waals surface area contributed by atoms with Gasteiger partial charge in [0.1, 0.15) is 13.3 Å². The van der Waals surface area contributed by atoms with E-state index in [4.69, 9.17) is 9.98 Å². The van der Waals surface area contributed by atoms with Crippen LogP contribution in [0.25, 0.3) is 0 Å². The molecule has 1 aromatic rings. The van der Waals surface area contributed by atoms with Crippen LogP contribution in [-0.4, -0.2) is 30.8 Å². The van der Waals surface area contributed by atoms with Gasteiger partial charge in [0.15, 0.2) is 0 Å². The Bertz CT molecular complexity index is 620. The van der Waals surface area contributed by atoms with Crippen LogP contribution in [0.1, 0.15) is 33.3 Å². The smallest absolute Gasteiger partial charge is 0.137 e. The van der Waals surface area contributed by atoms with E-state index in [2.05, 4.69) is 64.3 Å². The zero-order chi connectivity index (χ0) is 15.3. The minimum absolute atomic E-state index is 0.112. The Kier molecular flexibility index (Phi) is 3.74. The predicted molar refractivity (Wildman–Crippen MR) is 100 cm³/mol. The summed E-state index contributed by atoms with van der Waals surface area (Å²) in [7, 11) is 0. The summed E-state index contributed by atoms with van der Waals surface area (Å²) in [5.74, 6) is 0. The van der Waals surface area contributed by atoms with E-state index in [0.29, 0.717) is 0 Å². The lowest BCUT2D eigenvalue weighted by atomic mass is 9.92. The topological polar surface area (TPSA) is 24.7 Å². The van der Waals surface area contributed by atoms with Crippen molar-refractivity contribution in [2.45, 2.75) is 42.2 Å². The zero-order valence-electron chi connectivity index (χ0n) is 13.0. The third-order valence-electron chi connectivity index (χ3n) is 3.72. The van der Waals surface area contributed by atoms with Crippen molar-refractivity contribution in [1.29, 1.82) is 0 Å². The van der Waals surface area contributed by atoms with Gasteiger partial charge in [-0.25, -0.2) is 0 Å². The van der Waals surface area contributed by atoms with E-state index >= 15 is 0 Å². The predicted octanol–water partition coefficient (Wildman–Crippen LogP) is 4.90. The fourth-order valence-electron chi connectivity index (χ4n) is 2.76. The van der Waals surface area contributed by atoms with Crippen molar-refractivity contribution in [3.63, 3.8) is 0 Å². The number of aliphatic imine (C=N–C) groups is 2. The summed E-state index contributed by atoms with van der Waals surface area (Å²) in [4.78, 5) is 9.91. The van der Waals surface area contributed by atoms with E-state index in [-0.39, 0.29) is 14.5 Å². The molecule has 0 bridgehead atoms. The lowest BCUT2D eigenvalue weighted by molar-refractivity contribution is 0.547. The number of nitrogens with zero attached hydrogens (tertiary/aromatic N) is 2. The van der Waals surface area contributed by atoms with Crippen LogP contribution in [0.2, 0.25) is 0 Å². The standard InChI is InChI=1S/C16H20N2S3/c1-14(2)16(20-13(18-14)19-5)12(17-15(3,4)21-16)11-9-7-6-8-10-11/h6-10H,1-5H3. The highest BCUT2D eigenvalue weighted by atomic mass is 32.2. The molecule has 0 saturated carbocycles. The minimum atomic E-state index is -0.164. The number of hydrogen-bond donors (Lipinski definition) is 0. The van der Waals surface area contributed by atoms with Gasteiger partial charge in [-0.2, -0.15) is 0 Å². The molecule has 2 heterocycles. The molecule has 0 aliphatic carbocycles. The van der Waals surface area contributed by atoms with E-state index in [0.717, 1.165) is 4.38 Å². The molecule has 3 rings (SSSR count). The maximum Gasteiger partial charge on any atom is 0.137 e. The van der Waals surface area contributed by atoms with E-state index in [1.165, 1.54) is 11.3 Å². The fourth-order valence-corrected chi connectivity index (χ4v) is 7.43. The molecule has 1 spiro atoms. The Morgan fingerprint density at radius 1 is 1.00 bits per heavy atom. The van der Waals surface area contributed by atoms with Crippen LogP contribution in [-0.2, 0) is 0 Å². The highest BCUT2D eigenvalue weighted by molar-refractivity contribution is 8.43. The van der Waals surface area contributed by atoms with Gasteiger partial charge in [-0.15, -0.1) is 23.5 Å². The monoisotopic (exact) mass is 336 g/mol. The van der Waals surface area contributed by atoms with E-state index < -0.39 is 0 Å². The third kappa shape index (κ3) is 2.47. The first-order valence-electron chi connectivity index (χ1n) is 6.98. The van der Waals surface area contributed by atoms with Gasteiger partial charge in [0.2, 0.25) is 0 Å². The Labute approximate surface area is 139 Å². The summed E-state index contributed by atoms with van der Waals surface area (Å²) in [5, 5.41) is 0. The first-order chi connectivity index (χ1) is 9.80. The maximum absolute atomic E-state index is 5.07. The highest BCUT2D eigenvalue weighted by Crippen LogP contribution is 2.63. The number of thioether (sulfide) groups is 3. The molecule has 5 heteroatoms. The Morgan fingerprint density at radius 2 is 1.67 bits per heavy atom.